The van der Waals surface area contributed by atoms with Gasteiger partial charge in [-0.1, -0.05) is 22.4 Å². The van der Waals surface area contributed by atoms with Gasteiger partial charge in [-0.05, 0) is 45.7 Å². The lowest BCUT2D eigenvalue weighted by molar-refractivity contribution is 0.0949. The van der Waals surface area contributed by atoms with E-state index in [2.05, 4.69) is 27.9 Å². The first-order valence-corrected chi connectivity index (χ1v) is 7.31. The summed E-state index contributed by atoms with van der Waals surface area (Å²) in [7, 11) is 2.23. The van der Waals surface area contributed by atoms with E-state index in [0.717, 1.165) is 11.9 Å². The molecule has 90 valence electrons. The standard InChI is InChI=1S/C12H24BrNO/c1-14(9-4-2-3-8-13)10-7-12-6-5-11-15-12/h12H,2-11H2,1H3. The molecule has 15 heavy (non-hydrogen) atoms. The number of hydrogen-bond acceptors (Lipinski definition) is 2. The molecular formula is C12H24BrNO. The van der Waals surface area contributed by atoms with E-state index in [9.17, 15) is 0 Å². The maximum absolute atomic E-state index is 5.61. The molecular weight excluding hydrogens is 254 g/mol. The molecule has 3 heteroatoms. The second-order valence-corrected chi connectivity index (χ2v) is 5.27. The predicted octanol–water partition coefficient (Wildman–Crippen LogP) is 3.05. The smallest absolute Gasteiger partial charge is 0.0588 e. The molecule has 0 amide bonds. The van der Waals surface area contributed by atoms with Crippen LogP contribution in [-0.4, -0.2) is 43.1 Å². The van der Waals surface area contributed by atoms with Gasteiger partial charge in [0.15, 0.2) is 0 Å². The number of alkyl halides is 1. The molecule has 0 N–H and O–H groups in total. The fourth-order valence-corrected chi connectivity index (χ4v) is 2.40. The van der Waals surface area contributed by atoms with Crippen molar-refractivity contribution in [2.75, 3.05) is 32.1 Å². The molecule has 1 rings (SSSR count). The van der Waals surface area contributed by atoms with Crippen LogP contribution in [0.1, 0.15) is 38.5 Å². The largest absolute Gasteiger partial charge is 0.378 e. The number of rotatable bonds is 8. The van der Waals surface area contributed by atoms with Crippen molar-refractivity contribution in [3.05, 3.63) is 0 Å². The third kappa shape index (κ3) is 6.54. The van der Waals surface area contributed by atoms with Crippen LogP contribution < -0.4 is 0 Å². The lowest BCUT2D eigenvalue weighted by Gasteiger charge is -2.18. The minimum Gasteiger partial charge on any atom is -0.378 e. The van der Waals surface area contributed by atoms with Crippen LogP contribution in [0.25, 0.3) is 0 Å². The Kier molecular flexibility index (Phi) is 7.67. The first-order chi connectivity index (χ1) is 7.33. The summed E-state index contributed by atoms with van der Waals surface area (Å²) in [6.45, 7) is 3.42. The molecule has 1 fully saturated rings. The molecule has 2 nitrogen and oxygen atoms in total. The Morgan fingerprint density at radius 3 is 2.80 bits per heavy atom. The van der Waals surface area contributed by atoms with E-state index in [4.69, 9.17) is 4.74 Å². The van der Waals surface area contributed by atoms with E-state index in [0.29, 0.717) is 6.10 Å². The summed E-state index contributed by atoms with van der Waals surface area (Å²) in [5.41, 5.74) is 0. The highest BCUT2D eigenvalue weighted by Crippen LogP contribution is 2.15. The van der Waals surface area contributed by atoms with Gasteiger partial charge in [-0.2, -0.15) is 0 Å². The lowest BCUT2D eigenvalue weighted by atomic mass is 10.2. The van der Waals surface area contributed by atoms with Crippen molar-refractivity contribution in [2.24, 2.45) is 0 Å². The van der Waals surface area contributed by atoms with Crippen LogP contribution in [-0.2, 0) is 4.74 Å². The Balaban J connectivity index is 1.90. The Hall–Kier alpha value is 0.400. The third-order valence-electron chi connectivity index (χ3n) is 3.03. The fraction of sp³-hybridized carbons (Fsp3) is 1.00. The van der Waals surface area contributed by atoms with Crippen molar-refractivity contribution < 1.29 is 4.74 Å². The summed E-state index contributed by atoms with van der Waals surface area (Å²) < 4.78 is 5.61. The zero-order chi connectivity index (χ0) is 10.9. The van der Waals surface area contributed by atoms with Crippen molar-refractivity contribution in [3.63, 3.8) is 0 Å². The van der Waals surface area contributed by atoms with Crippen LogP contribution in [0.3, 0.4) is 0 Å². The van der Waals surface area contributed by atoms with Crippen LogP contribution in [0.4, 0.5) is 0 Å². The van der Waals surface area contributed by atoms with Gasteiger partial charge in [-0.25, -0.2) is 0 Å². The quantitative estimate of drug-likeness (QED) is 0.500. The van der Waals surface area contributed by atoms with Crippen molar-refractivity contribution in [3.8, 4) is 0 Å². The summed E-state index contributed by atoms with van der Waals surface area (Å²) in [6.07, 6.45) is 8.28. The molecule has 0 bridgehead atoms. The first-order valence-electron chi connectivity index (χ1n) is 6.19. The van der Waals surface area contributed by atoms with Gasteiger partial charge in [-0.15, -0.1) is 0 Å². The molecule has 1 saturated heterocycles. The van der Waals surface area contributed by atoms with Gasteiger partial charge < -0.3 is 9.64 Å². The lowest BCUT2D eigenvalue weighted by Crippen LogP contribution is -2.24. The number of halogens is 1. The normalized spacial score (nSPS) is 21.4. The Bertz CT molecular complexity index is 149. The van der Waals surface area contributed by atoms with Crippen molar-refractivity contribution in [1.82, 2.24) is 4.90 Å². The van der Waals surface area contributed by atoms with E-state index in [1.54, 1.807) is 0 Å². The summed E-state index contributed by atoms with van der Waals surface area (Å²) in [5, 5.41) is 1.15. The molecule has 0 aromatic carbocycles. The highest BCUT2D eigenvalue weighted by Gasteiger charge is 2.15. The van der Waals surface area contributed by atoms with Gasteiger partial charge in [-0.3, -0.25) is 0 Å². The third-order valence-corrected chi connectivity index (χ3v) is 3.59. The molecule has 0 radical (unpaired) electrons. The zero-order valence-electron chi connectivity index (χ0n) is 9.88. The van der Waals surface area contributed by atoms with Gasteiger partial charge in [0.05, 0.1) is 6.10 Å². The monoisotopic (exact) mass is 277 g/mol. The van der Waals surface area contributed by atoms with E-state index < -0.39 is 0 Å². The van der Waals surface area contributed by atoms with Crippen molar-refractivity contribution in [2.45, 2.75) is 44.6 Å². The summed E-state index contributed by atoms with van der Waals surface area (Å²) in [5.74, 6) is 0. The van der Waals surface area contributed by atoms with Gasteiger partial charge >= 0.3 is 0 Å². The van der Waals surface area contributed by atoms with E-state index in [1.807, 2.05) is 0 Å². The Labute approximate surface area is 102 Å². The Morgan fingerprint density at radius 1 is 1.27 bits per heavy atom. The maximum atomic E-state index is 5.61. The zero-order valence-corrected chi connectivity index (χ0v) is 11.5. The number of nitrogens with zero attached hydrogens (tertiary/aromatic N) is 1. The van der Waals surface area contributed by atoms with E-state index in [-0.39, 0.29) is 0 Å². The second-order valence-electron chi connectivity index (χ2n) is 4.48. The number of unbranched alkanes of at least 4 members (excludes halogenated alkanes) is 2. The van der Waals surface area contributed by atoms with Crippen LogP contribution in [0.2, 0.25) is 0 Å². The predicted molar refractivity (Wildman–Crippen MR) is 68.7 cm³/mol. The topological polar surface area (TPSA) is 12.5 Å². The molecule has 1 atom stereocenters. The molecule has 1 unspecified atom stereocenters. The van der Waals surface area contributed by atoms with Gasteiger partial charge in [0.1, 0.15) is 0 Å². The first kappa shape index (κ1) is 13.5. The van der Waals surface area contributed by atoms with E-state index >= 15 is 0 Å². The van der Waals surface area contributed by atoms with Crippen LogP contribution >= 0.6 is 15.9 Å². The van der Waals surface area contributed by atoms with Gasteiger partial charge in [0.25, 0.3) is 0 Å². The van der Waals surface area contributed by atoms with Crippen LogP contribution in [0, 0.1) is 0 Å². The highest BCUT2D eigenvalue weighted by atomic mass is 79.9. The van der Waals surface area contributed by atoms with Gasteiger partial charge in [0, 0.05) is 18.5 Å². The number of ether oxygens (including phenoxy) is 1. The molecule has 0 saturated carbocycles. The average Bonchev–Trinajstić information content (AvgIpc) is 2.74. The SMILES string of the molecule is CN(CCCCCBr)CCC1CCCO1. The highest BCUT2D eigenvalue weighted by molar-refractivity contribution is 9.09. The van der Waals surface area contributed by atoms with E-state index in [1.165, 1.54) is 51.6 Å². The minimum absolute atomic E-state index is 0.551. The maximum Gasteiger partial charge on any atom is 0.0588 e. The molecule has 0 aromatic rings. The molecule has 0 aliphatic carbocycles. The van der Waals surface area contributed by atoms with Crippen LogP contribution in [0.15, 0.2) is 0 Å². The number of hydrogen-bond donors (Lipinski definition) is 0. The summed E-state index contributed by atoms with van der Waals surface area (Å²) in [6, 6.07) is 0. The van der Waals surface area contributed by atoms with Crippen molar-refractivity contribution >= 4 is 15.9 Å². The Morgan fingerprint density at radius 2 is 2.13 bits per heavy atom. The van der Waals surface area contributed by atoms with Crippen molar-refractivity contribution in [1.29, 1.82) is 0 Å². The molecule has 1 aliphatic rings. The summed E-state index contributed by atoms with van der Waals surface area (Å²) in [4.78, 5) is 2.44. The molecule has 1 aliphatic heterocycles. The van der Waals surface area contributed by atoms with Gasteiger partial charge in [0.2, 0.25) is 0 Å². The fourth-order valence-electron chi connectivity index (χ4n) is 2.00. The summed E-state index contributed by atoms with van der Waals surface area (Å²) >= 11 is 3.46. The molecule has 0 spiro atoms. The molecule has 1 heterocycles. The minimum atomic E-state index is 0.551. The molecule has 0 aromatic heterocycles. The second kappa shape index (κ2) is 8.54. The average molecular weight is 278 g/mol. The van der Waals surface area contributed by atoms with Crippen LogP contribution in [0.5, 0.6) is 0 Å².